The van der Waals surface area contributed by atoms with Crippen molar-refractivity contribution in [2.24, 2.45) is 10.2 Å². The van der Waals surface area contributed by atoms with Crippen LogP contribution < -0.4 is 14.8 Å². The third-order valence-electron chi connectivity index (χ3n) is 4.04. The standard InChI is InChI=1S/C20H18BrN3O5S/c1-28-15-8-4-6-12(18(15)29-11-13-5-2-3-7-14(13)21)10-22-24-20-23-19(27)16(30-20)9-17(25)26/h2-8,10,16H,9,11H2,1H3,(H,25,26)(H,23,24,27). The topological polar surface area (TPSA) is 110 Å². The summed E-state index contributed by atoms with van der Waals surface area (Å²) in [5.74, 6) is -0.388. The van der Waals surface area contributed by atoms with Gasteiger partial charge < -0.3 is 19.9 Å². The first-order valence-corrected chi connectivity index (χ1v) is 10.5. The summed E-state index contributed by atoms with van der Waals surface area (Å²) in [5.41, 5.74) is 1.61. The highest BCUT2D eigenvalue weighted by molar-refractivity contribution is 9.10. The minimum absolute atomic E-state index is 0.251. The van der Waals surface area contributed by atoms with Crippen LogP contribution in [0.4, 0.5) is 0 Å². The first-order chi connectivity index (χ1) is 14.5. The molecule has 1 amide bonds. The molecule has 0 bridgehead atoms. The fourth-order valence-electron chi connectivity index (χ4n) is 2.60. The van der Waals surface area contributed by atoms with E-state index in [4.69, 9.17) is 14.6 Å². The molecule has 0 radical (unpaired) electrons. The summed E-state index contributed by atoms with van der Waals surface area (Å²) in [6.07, 6.45) is 1.21. The van der Waals surface area contributed by atoms with Crippen LogP contribution in [-0.4, -0.2) is 40.7 Å². The average Bonchev–Trinajstić information content (AvgIpc) is 3.06. The number of carbonyl (C=O) groups is 2. The van der Waals surface area contributed by atoms with Gasteiger partial charge in [-0.05, 0) is 18.2 Å². The number of carboxylic acids is 1. The van der Waals surface area contributed by atoms with Crippen LogP contribution in [0.5, 0.6) is 11.5 Å². The van der Waals surface area contributed by atoms with Crippen LogP contribution in [0.25, 0.3) is 0 Å². The number of nitrogens with one attached hydrogen (secondary N) is 1. The molecule has 1 aliphatic heterocycles. The van der Waals surface area contributed by atoms with Gasteiger partial charge in [0, 0.05) is 15.6 Å². The van der Waals surface area contributed by atoms with Gasteiger partial charge in [-0.2, -0.15) is 5.10 Å². The fourth-order valence-corrected chi connectivity index (χ4v) is 3.92. The summed E-state index contributed by atoms with van der Waals surface area (Å²) in [6.45, 7) is 0.319. The second-order valence-electron chi connectivity index (χ2n) is 6.10. The highest BCUT2D eigenvalue weighted by Crippen LogP contribution is 2.31. The molecule has 2 N–H and O–H groups in total. The lowest BCUT2D eigenvalue weighted by Crippen LogP contribution is -2.26. The van der Waals surface area contributed by atoms with E-state index >= 15 is 0 Å². The molecule has 30 heavy (non-hydrogen) atoms. The minimum Gasteiger partial charge on any atom is -0.493 e. The Morgan fingerprint density at radius 2 is 2.10 bits per heavy atom. The molecule has 10 heteroatoms. The Hall–Kier alpha value is -2.85. The predicted octanol–water partition coefficient (Wildman–Crippen LogP) is 3.43. The highest BCUT2D eigenvalue weighted by Gasteiger charge is 2.32. The Morgan fingerprint density at radius 1 is 1.30 bits per heavy atom. The molecule has 0 aliphatic carbocycles. The third kappa shape index (κ3) is 5.61. The number of amidine groups is 1. The van der Waals surface area contributed by atoms with Crippen LogP contribution in [0.2, 0.25) is 0 Å². The summed E-state index contributed by atoms with van der Waals surface area (Å²) < 4.78 is 12.3. The van der Waals surface area contributed by atoms with Gasteiger partial charge in [-0.1, -0.05) is 52.0 Å². The van der Waals surface area contributed by atoms with E-state index < -0.39 is 17.1 Å². The molecular formula is C20H18BrN3O5S. The average molecular weight is 492 g/mol. The maximum Gasteiger partial charge on any atom is 0.305 e. The van der Waals surface area contributed by atoms with Crippen molar-refractivity contribution in [2.75, 3.05) is 7.11 Å². The van der Waals surface area contributed by atoms with E-state index in [-0.39, 0.29) is 11.6 Å². The quantitative estimate of drug-likeness (QED) is 0.432. The number of ether oxygens (including phenoxy) is 2. The van der Waals surface area contributed by atoms with Crippen LogP contribution in [-0.2, 0) is 16.2 Å². The van der Waals surface area contributed by atoms with E-state index in [9.17, 15) is 9.59 Å². The monoisotopic (exact) mass is 491 g/mol. The predicted molar refractivity (Wildman–Crippen MR) is 118 cm³/mol. The maximum atomic E-state index is 11.8. The van der Waals surface area contributed by atoms with E-state index in [1.54, 1.807) is 25.3 Å². The molecule has 0 saturated carbocycles. The molecule has 8 nitrogen and oxygen atoms in total. The molecule has 1 heterocycles. The number of rotatable bonds is 8. The van der Waals surface area contributed by atoms with E-state index in [1.165, 1.54) is 6.21 Å². The van der Waals surface area contributed by atoms with Gasteiger partial charge >= 0.3 is 5.97 Å². The molecule has 2 aromatic rings. The third-order valence-corrected chi connectivity index (χ3v) is 5.89. The largest absolute Gasteiger partial charge is 0.493 e. The van der Waals surface area contributed by atoms with Gasteiger partial charge in [0.15, 0.2) is 16.7 Å². The van der Waals surface area contributed by atoms with Gasteiger partial charge in [0.05, 0.1) is 19.7 Å². The Balaban J connectivity index is 1.75. The number of hydrogen-bond acceptors (Lipinski definition) is 7. The van der Waals surface area contributed by atoms with Gasteiger partial charge in [-0.15, -0.1) is 5.10 Å². The number of nitrogens with zero attached hydrogens (tertiary/aromatic N) is 2. The van der Waals surface area contributed by atoms with Crippen molar-refractivity contribution < 1.29 is 24.2 Å². The lowest BCUT2D eigenvalue weighted by atomic mass is 10.2. The number of carboxylic acid groups (broad SMARTS) is 1. The van der Waals surface area contributed by atoms with Crippen molar-refractivity contribution >= 4 is 51.0 Å². The molecule has 0 spiro atoms. The smallest absolute Gasteiger partial charge is 0.305 e. The van der Waals surface area contributed by atoms with E-state index in [0.717, 1.165) is 21.8 Å². The Bertz CT molecular complexity index is 1010. The second kappa shape index (κ2) is 10.3. The van der Waals surface area contributed by atoms with Crippen LogP contribution in [0, 0.1) is 0 Å². The number of hydrogen-bond donors (Lipinski definition) is 2. The van der Waals surface area contributed by atoms with Crippen LogP contribution in [0.15, 0.2) is 57.1 Å². The number of para-hydroxylation sites is 1. The number of amides is 1. The summed E-state index contributed by atoms with van der Waals surface area (Å²) in [7, 11) is 1.55. The summed E-state index contributed by atoms with van der Waals surface area (Å²) in [4.78, 5) is 22.6. The Kier molecular flexibility index (Phi) is 7.47. The SMILES string of the molecule is COc1cccc(C=NN=C2NC(=O)C(CC(=O)O)S2)c1OCc1ccccc1Br. The van der Waals surface area contributed by atoms with Gasteiger partial charge in [0.2, 0.25) is 5.91 Å². The van der Waals surface area contributed by atoms with Crippen molar-refractivity contribution in [1.29, 1.82) is 0 Å². The zero-order valence-electron chi connectivity index (χ0n) is 15.9. The summed E-state index contributed by atoms with van der Waals surface area (Å²) in [6, 6.07) is 13.1. The van der Waals surface area contributed by atoms with E-state index in [1.807, 2.05) is 24.3 Å². The van der Waals surface area contributed by atoms with Gasteiger partial charge in [0.1, 0.15) is 11.9 Å². The van der Waals surface area contributed by atoms with Crippen molar-refractivity contribution in [3.63, 3.8) is 0 Å². The lowest BCUT2D eigenvalue weighted by Gasteiger charge is -2.13. The number of methoxy groups -OCH3 is 1. The van der Waals surface area contributed by atoms with Crippen molar-refractivity contribution in [1.82, 2.24) is 5.32 Å². The van der Waals surface area contributed by atoms with Crippen LogP contribution in [0.3, 0.4) is 0 Å². The fraction of sp³-hybridized carbons (Fsp3) is 0.200. The zero-order chi connectivity index (χ0) is 21.5. The normalized spacial score (nSPS) is 17.3. The molecular weight excluding hydrogens is 474 g/mol. The number of benzene rings is 2. The Labute approximate surface area is 185 Å². The molecule has 1 unspecified atom stereocenters. The summed E-state index contributed by atoms with van der Waals surface area (Å²) >= 11 is 4.54. The lowest BCUT2D eigenvalue weighted by molar-refractivity contribution is -0.138. The second-order valence-corrected chi connectivity index (χ2v) is 8.15. The molecule has 1 saturated heterocycles. The van der Waals surface area contributed by atoms with Gasteiger partial charge in [-0.25, -0.2) is 0 Å². The van der Waals surface area contributed by atoms with E-state index in [2.05, 4.69) is 31.4 Å². The number of halogens is 1. The minimum atomic E-state index is -1.05. The van der Waals surface area contributed by atoms with Crippen molar-refractivity contribution in [3.8, 4) is 11.5 Å². The molecule has 1 fully saturated rings. The number of carbonyl (C=O) groups excluding carboxylic acids is 1. The zero-order valence-corrected chi connectivity index (χ0v) is 18.3. The number of aliphatic carboxylic acids is 1. The summed E-state index contributed by atoms with van der Waals surface area (Å²) in [5, 5.41) is 18.9. The molecule has 0 aromatic heterocycles. The number of thioether (sulfide) groups is 1. The van der Waals surface area contributed by atoms with Crippen LogP contribution in [0.1, 0.15) is 17.5 Å². The molecule has 3 rings (SSSR count). The molecule has 1 atom stereocenters. The van der Waals surface area contributed by atoms with E-state index in [0.29, 0.717) is 23.7 Å². The van der Waals surface area contributed by atoms with Crippen LogP contribution >= 0.6 is 27.7 Å². The molecule has 2 aromatic carbocycles. The maximum absolute atomic E-state index is 11.8. The van der Waals surface area contributed by atoms with Gasteiger partial charge in [0.25, 0.3) is 0 Å². The first kappa shape index (κ1) is 21.8. The van der Waals surface area contributed by atoms with Crippen molar-refractivity contribution in [2.45, 2.75) is 18.3 Å². The highest BCUT2D eigenvalue weighted by atomic mass is 79.9. The Morgan fingerprint density at radius 3 is 2.83 bits per heavy atom. The molecule has 1 aliphatic rings. The van der Waals surface area contributed by atoms with Gasteiger partial charge in [-0.3, -0.25) is 9.59 Å². The van der Waals surface area contributed by atoms with Crippen molar-refractivity contribution in [3.05, 3.63) is 58.1 Å². The first-order valence-electron chi connectivity index (χ1n) is 8.81. The molecule has 156 valence electrons.